The molecule has 0 saturated carbocycles. The Balaban J connectivity index is 0.000000320. The second kappa shape index (κ2) is 26.9. The average Bonchev–Trinajstić information content (AvgIpc) is 3.68. The van der Waals surface area contributed by atoms with Crippen LogP contribution in [0.5, 0.6) is 11.5 Å². The predicted molar refractivity (Wildman–Crippen MR) is 272 cm³/mol. The van der Waals surface area contributed by atoms with Crippen LogP contribution in [0.3, 0.4) is 0 Å². The Labute approximate surface area is 427 Å². The molecule has 0 spiro atoms. The average molecular weight is 1090 g/mol. The Bertz CT molecular complexity index is 2790. The maximum Gasteiger partial charge on any atom is 0.459 e. The largest absolute Gasteiger partial charge is 0.462 e. The van der Waals surface area contributed by atoms with Gasteiger partial charge in [-0.2, -0.15) is 10.3 Å². The zero-order valence-electron chi connectivity index (χ0n) is 42.5. The lowest BCUT2D eigenvalue weighted by Crippen LogP contribution is -2.44. The first-order valence-corrected chi connectivity index (χ1v) is 26.9. The third kappa shape index (κ3) is 17.1. The summed E-state index contributed by atoms with van der Waals surface area (Å²) in [5, 5.41) is 14.3. The summed E-state index contributed by atoms with van der Waals surface area (Å²) in [6.45, 7) is 16.7. The molecule has 0 amide bonds. The number of para-hydroxylation sites is 2. The number of ketones is 1. The molecule has 2 aliphatic heterocycles. The summed E-state index contributed by atoms with van der Waals surface area (Å²) in [6, 6.07) is 17.8. The van der Waals surface area contributed by atoms with Crippen molar-refractivity contribution >= 4 is 27.0 Å². The van der Waals surface area contributed by atoms with Crippen LogP contribution in [0.4, 0.5) is 8.78 Å². The highest BCUT2D eigenvalue weighted by Crippen LogP contribution is 2.49. The minimum absolute atomic E-state index is 0. The first kappa shape index (κ1) is 62.9. The number of nitrogens with one attached hydrogen (secondary N) is 5. The monoisotopic (exact) mass is 1090 g/mol. The fourth-order valence-corrected chi connectivity index (χ4v) is 9.79. The number of ether oxygens (including phenoxy) is 3. The highest BCUT2D eigenvalue weighted by atomic mass is 31.2. The molecule has 4 heterocycles. The SMILES string of the molecule is C.CC(C)C(=O)[C@H](C)NN[P@@](C)(=O)Oc1ccccc1.CC(C)OC(=O)[C@H](C)N[P@@](=O)(OC[C@H]1O[C@@H](n2ccc(=O)[nH]c2=O)[C@](C)(F)[C@@H]1C)Oc1ccccc1.C[C@@H]1[C@@H](CO)O[C@@H](n2ccc(=O)[nH]c2=O)[C@]1(C)F. The minimum atomic E-state index is -4.19. The summed E-state index contributed by atoms with van der Waals surface area (Å²) >= 11 is 0. The van der Waals surface area contributed by atoms with Gasteiger partial charge in [0.2, 0.25) is 0 Å². The molecule has 4 aromatic rings. The van der Waals surface area contributed by atoms with E-state index in [-0.39, 0.29) is 37.6 Å². The van der Waals surface area contributed by atoms with Crippen LogP contribution in [-0.2, 0) is 37.5 Å². The van der Waals surface area contributed by atoms with Gasteiger partial charge in [-0.15, -0.1) is 0 Å². The van der Waals surface area contributed by atoms with Gasteiger partial charge in [-0.1, -0.05) is 71.5 Å². The number of hydrogen-bond acceptors (Lipinski definition) is 16. The number of rotatable bonds is 19. The fraction of sp³-hybridized carbons (Fsp3) is 0.542. The van der Waals surface area contributed by atoms with Crippen LogP contribution in [0.15, 0.2) is 104 Å². The third-order valence-electron chi connectivity index (χ3n) is 11.8. The highest BCUT2D eigenvalue weighted by Gasteiger charge is 2.55. The molecule has 0 radical (unpaired) electrons. The Hall–Kier alpha value is -5.42. The molecule has 2 aliphatic rings. The summed E-state index contributed by atoms with van der Waals surface area (Å²) in [5.74, 6) is -1.33. The molecule has 0 aliphatic carbocycles. The lowest BCUT2D eigenvalue weighted by molar-refractivity contribution is -0.149. The first-order chi connectivity index (χ1) is 34.0. The number of nitrogens with zero attached hydrogens (tertiary/aromatic N) is 2. The molecule has 22 nitrogen and oxygen atoms in total. The number of hydrazine groups is 1. The number of carbonyl (C=O) groups is 2. The summed E-state index contributed by atoms with van der Waals surface area (Å²) in [5.41, 5.74) is -3.86. The smallest absolute Gasteiger partial charge is 0.459 e. The maximum atomic E-state index is 15.7. The van der Waals surface area contributed by atoms with E-state index in [2.05, 4.69) is 20.7 Å². The van der Waals surface area contributed by atoms with Gasteiger partial charge in [0.15, 0.2) is 29.6 Å². The quantitative estimate of drug-likeness (QED) is 0.0359. The van der Waals surface area contributed by atoms with E-state index in [9.17, 15) is 42.3 Å². The van der Waals surface area contributed by atoms with Crippen molar-refractivity contribution in [3.63, 3.8) is 0 Å². The number of esters is 1. The van der Waals surface area contributed by atoms with Gasteiger partial charge in [-0.25, -0.2) is 28.4 Å². The Morgan fingerprint density at radius 2 is 1.19 bits per heavy atom. The van der Waals surface area contributed by atoms with E-state index >= 15 is 4.39 Å². The van der Waals surface area contributed by atoms with Crippen LogP contribution >= 0.6 is 15.3 Å². The lowest BCUT2D eigenvalue weighted by Gasteiger charge is -2.26. The van der Waals surface area contributed by atoms with Gasteiger partial charge in [-0.05, 0) is 65.8 Å². The van der Waals surface area contributed by atoms with E-state index in [1.165, 1.54) is 33.6 Å². The number of alkyl halides is 2. The number of H-pyrrole nitrogens is 2. The Kier molecular flexibility index (Phi) is 22.8. The number of hydrogen-bond donors (Lipinski definition) is 6. The number of aliphatic hydroxyl groups is 1. The molecular weight excluding hydrogens is 1010 g/mol. The van der Waals surface area contributed by atoms with Crippen molar-refractivity contribution in [1.82, 2.24) is 34.8 Å². The van der Waals surface area contributed by atoms with Crippen LogP contribution in [0.1, 0.15) is 89.1 Å². The van der Waals surface area contributed by atoms with E-state index in [1.54, 1.807) is 89.2 Å². The molecule has 0 unspecified atom stereocenters. The van der Waals surface area contributed by atoms with Gasteiger partial charge in [0.1, 0.15) is 17.5 Å². The topological polar surface area (TPSA) is 290 Å². The summed E-state index contributed by atoms with van der Waals surface area (Å²) in [4.78, 5) is 74.3. The van der Waals surface area contributed by atoms with Crippen molar-refractivity contribution in [2.75, 3.05) is 19.9 Å². The fourth-order valence-electron chi connectivity index (χ4n) is 7.29. The zero-order valence-corrected chi connectivity index (χ0v) is 44.3. The minimum Gasteiger partial charge on any atom is -0.462 e. The predicted octanol–water partition coefficient (Wildman–Crippen LogP) is 5.95. The molecule has 12 atom stereocenters. The van der Waals surface area contributed by atoms with E-state index in [1.807, 2.05) is 24.9 Å². The van der Waals surface area contributed by atoms with Gasteiger partial charge >= 0.3 is 32.6 Å². The van der Waals surface area contributed by atoms with Crippen molar-refractivity contribution in [3.8, 4) is 11.5 Å². The van der Waals surface area contributed by atoms with Gasteiger partial charge in [-0.3, -0.25) is 47.4 Å². The van der Waals surface area contributed by atoms with Crippen LogP contribution in [0, 0.1) is 17.8 Å². The second-order valence-electron chi connectivity index (χ2n) is 18.5. The van der Waals surface area contributed by atoms with E-state index in [0.717, 1.165) is 27.5 Å². The molecule has 74 heavy (non-hydrogen) atoms. The van der Waals surface area contributed by atoms with Crippen LogP contribution in [0.25, 0.3) is 0 Å². The van der Waals surface area contributed by atoms with Crippen LogP contribution in [-0.4, -0.2) is 97.6 Å². The molecule has 412 valence electrons. The Morgan fingerprint density at radius 1 is 0.743 bits per heavy atom. The molecule has 2 fully saturated rings. The van der Waals surface area contributed by atoms with Gasteiger partial charge in [0.05, 0.1) is 37.6 Å². The van der Waals surface area contributed by atoms with E-state index in [4.69, 9.17) is 32.9 Å². The van der Waals surface area contributed by atoms with Crippen LogP contribution < -0.4 is 47.3 Å². The number of halogens is 2. The molecule has 0 bridgehead atoms. The number of aromatic amines is 2. The molecule has 6 N–H and O–H groups in total. The van der Waals surface area contributed by atoms with Crippen molar-refractivity contribution < 1.29 is 60.4 Å². The number of aromatic nitrogens is 4. The van der Waals surface area contributed by atoms with Crippen LogP contribution in [0.2, 0.25) is 0 Å². The highest BCUT2D eigenvalue weighted by molar-refractivity contribution is 7.56. The summed E-state index contributed by atoms with van der Waals surface area (Å²) in [7, 11) is -7.24. The number of Topliss-reactive ketones (excluding diaryl/α,β-unsaturated/α-hetero) is 1. The number of aliphatic hydroxyl groups excluding tert-OH is 1. The number of carbonyl (C=O) groups excluding carboxylic acids is 2. The molecule has 2 aromatic carbocycles. The Morgan fingerprint density at radius 3 is 1.61 bits per heavy atom. The lowest BCUT2D eigenvalue weighted by atomic mass is 9.90. The van der Waals surface area contributed by atoms with Gasteiger partial charge in [0.25, 0.3) is 11.1 Å². The third-order valence-corrected chi connectivity index (χ3v) is 14.5. The van der Waals surface area contributed by atoms with Crippen molar-refractivity contribution in [1.29, 1.82) is 0 Å². The maximum absolute atomic E-state index is 15.7. The molecular formula is C48H71F2N7O15P2. The summed E-state index contributed by atoms with van der Waals surface area (Å²) in [6.07, 6.45) is -2.20. The van der Waals surface area contributed by atoms with Crippen molar-refractivity contribution in [2.45, 2.75) is 131 Å². The number of benzene rings is 2. The van der Waals surface area contributed by atoms with Gasteiger partial charge < -0.3 is 28.4 Å². The summed E-state index contributed by atoms with van der Waals surface area (Å²) < 4.78 is 90.9. The molecule has 2 aromatic heterocycles. The molecule has 6 rings (SSSR count). The first-order valence-electron chi connectivity index (χ1n) is 23.3. The van der Waals surface area contributed by atoms with Crippen molar-refractivity contribution in [3.05, 3.63) is 127 Å². The van der Waals surface area contributed by atoms with E-state index in [0.29, 0.717) is 5.75 Å². The molecule has 2 saturated heterocycles. The standard InChI is InChI=1S/C23H31FN3O8P.C13H21N2O3P.C11H15FN2O4.CH4/c1-14(2)33-20(29)16(4)26-36(31,35-17-9-7-6-8-10-17)32-13-18-15(3)23(5,24)21(34-18)27-12-11-19(28)25-22(27)30;1-10(2)13(16)11(3)14-15-19(4,17)18-12-8-6-5-7-9-12;1-6-7(5-15)18-9(11(6,2)12)14-4-3-8(16)13-10(14)17;/h6-12,14-16,18,21H,13H2,1-5H3,(H,26,31)(H,25,28,30);5-11,14H,1-4H3,(H,15,17);3-4,6-7,9,15H,5H2,1-2H3,(H,13,16,17);1H4/t15-,16+,18-,21-,23-,36-;11-,19-;6-,7-,9-,11-;/m101./s1. The van der Waals surface area contributed by atoms with Gasteiger partial charge in [0, 0.05) is 48.9 Å². The van der Waals surface area contributed by atoms with E-state index < -0.39 is 110 Å². The normalized spacial score (nSPS) is 25.6. The second-order valence-corrected chi connectivity index (χ2v) is 22.3. The molecule has 26 heteroatoms. The van der Waals surface area contributed by atoms with Crippen molar-refractivity contribution in [2.24, 2.45) is 17.8 Å². The zero-order chi connectivity index (χ0) is 54.6.